The number of aryl methyl sites for hydroxylation is 1. The minimum absolute atomic E-state index is 0.0556. The van der Waals surface area contributed by atoms with Crippen LogP contribution in [-0.2, 0) is 11.4 Å². The predicted molar refractivity (Wildman–Crippen MR) is 126 cm³/mol. The highest BCUT2D eigenvalue weighted by Crippen LogP contribution is 2.31. The van der Waals surface area contributed by atoms with Gasteiger partial charge in [-0.05, 0) is 43.3 Å². The SMILES string of the molecule is Cc1nc(COc2ccc(C(=O)N3CCN(C(=O)C4COc5ccccc5O4)CC3)cc2)cs1. The van der Waals surface area contributed by atoms with E-state index in [1.54, 1.807) is 51.5 Å². The minimum atomic E-state index is -0.669. The van der Waals surface area contributed by atoms with Gasteiger partial charge in [0.1, 0.15) is 19.0 Å². The van der Waals surface area contributed by atoms with E-state index in [0.717, 1.165) is 10.7 Å². The first-order valence-corrected chi connectivity index (χ1v) is 12.1. The van der Waals surface area contributed by atoms with Gasteiger partial charge in [-0.25, -0.2) is 4.98 Å². The van der Waals surface area contributed by atoms with Crippen molar-refractivity contribution in [2.45, 2.75) is 19.6 Å². The van der Waals surface area contributed by atoms with Gasteiger partial charge in [0.2, 0.25) is 6.10 Å². The number of fused-ring (bicyclic) bond motifs is 1. The average molecular weight is 480 g/mol. The van der Waals surface area contributed by atoms with Crippen LogP contribution in [-0.4, -0.2) is 65.5 Å². The van der Waals surface area contributed by atoms with Crippen molar-refractivity contribution >= 4 is 23.2 Å². The number of rotatable bonds is 5. The maximum Gasteiger partial charge on any atom is 0.267 e. The zero-order valence-corrected chi connectivity index (χ0v) is 19.6. The summed E-state index contributed by atoms with van der Waals surface area (Å²) in [7, 11) is 0. The molecule has 1 atom stereocenters. The quantitative estimate of drug-likeness (QED) is 0.559. The molecule has 1 fully saturated rings. The Morgan fingerprint density at radius 2 is 1.74 bits per heavy atom. The molecule has 176 valence electrons. The number of para-hydroxylation sites is 2. The third-order valence-corrected chi connectivity index (χ3v) is 6.64. The maximum absolute atomic E-state index is 12.9. The lowest BCUT2D eigenvalue weighted by Crippen LogP contribution is -2.55. The van der Waals surface area contributed by atoms with Crippen LogP contribution >= 0.6 is 11.3 Å². The fourth-order valence-corrected chi connectivity index (χ4v) is 4.58. The number of benzene rings is 2. The number of amides is 2. The molecule has 1 saturated heterocycles. The van der Waals surface area contributed by atoms with Gasteiger partial charge in [-0.3, -0.25) is 9.59 Å². The van der Waals surface area contributed by atoms with Crippen molar-refractivity contribution in [3.05, 3.63) is 70.2 Å². The molecule has 1 unspecified atom stereocenters. The number of piperazine rings is 1. The van der Waals surface area contributed by atoms with Gasteiger partial charge in [-0.2, -0.15) is 0 Å². The highest BCUT2D eigenvalue weighted by Gasteiger charge is 2.33. The fourth-order valence-electron chi connectivity index (χ4n) is 3.98. The molecule has 2 aromatic carbocycles. The number of hydrogen-bond donors (Lipinski definition) is 0. The summed E-state index contributed by atoms with van der Waals surface area (Å²) >= 11 is 1.59. The van der Waals surface area contributed by atoms with Gasteiger partial charge in [0.25, 0.3) is 11.8 Å². The van der Waals surface area contributed by atoms with Gasteiger partial charge in [0, 0.05) is 37.1 Å². The number of nitrogens with zero attached hydrogens (tertiary/aromatic N) is 3. The number of ether oxygens (including phenoxy) is 3. The fraction of sp³-hybridized carbons (Fsp3) is 0.320. The molecule has 5 rings (SSSR count). The molecule has 0 saturated carbocycles. The highest BCUT2D eigenvalue weighted by atomic mass is 32.1. The van der Waals surface area contributed by atoms with E-state index in [1.807, 2.05) is 30.5 Å². The van der Waals surface area contributed by atoms with Crippen molar-refractivity contribution in [2.75, 3.05) is 32.8 Å². The standard InChI is InChI=1S/C25H25N3O5S/c1-17-26-19(16-34-17)14-31-20-8-6-18(7-9-20)24(29)27-10-12-28(13-11-27)25(30)23-15-32-21-4-2-3-5-22(21)33-23/h2-9,16,23H,10-15H2,1H3. The largest absolute Gasteiger partial charge is 0.487 e. The second-order valence-corrected chi connectivity index (χ2v) is 9.21. The maximum atomic E-state index is 12.9. The monoisotopic (exact) mass is 479 g/mol. The Labute approximate surface area is 201 Å². The lowest BCUT2D eigenvalue weighted by Gasteiger charge is -2.37. The molecule has 3 aromatic rings. The highest BCUT2D eigenvalue weighted by molar-refractivity contribution is 7.09. The minimum Gasteiger partial charge on any atom is -0.487 e. The third-order valence-electron chi connectivity index (χ3n) is 5.82. The summed E-state index contributed by atoms with van der Waals surface area (Å²) < 4.78 is 17.3. The number of carbonyl (C=O) groups is 2. The topological polar surface area (TPSA) is 81.2 Å². The zero-order chi connectivity index (χ0) is 23.5. The lowest BCUT2D eigenvalue weighted by molar-refractivity contribution is -0.142. The van der Waals surface area contributed by atoms with E-state index < -0.39 is 6.10 Å². The van der Waals surface area contributed by atoms with Gasteiger partial charge >= 0.3 is 0 Å². The van der Waals surface area contributed by atoms with Crippen molar-refractivity contribution in [1.29, 1.82) is 0 Å². The van der Waals surface area contributed by atoms with Crippen molar-refractivity contribution in [2.24, 2.45) is 0 Å². The summed E-state index contributed by atoms with van der Waals surface area (Å²) in [6.45, 7) is 4.40. The molecule has 0 radical (unpaired) electrons. The Morgan fingerprint density at radius 1 is 1.03 bits per heavy atom. The summed E-state index contributed by atoms with van der Waals surface area (Å²) in [5.74, 6) is 1.75. The van der Waals surface area contributed by atoms with E-state index in [-0.39, 0.29) is 18.4 Å². The Bertz CT molecular complexity index is 1170. The Kier molecular flexibility index (Phi) is 6.35. The second-order valence-electron chi connectivity index (χ2n) is 8.15. The van der Waals surface area contributed by atoms with Crippen molar-refractivity contribution in [3.8, 4) is 17.2 Å². The zero-order valence-electron chi connectivity index (χ0n) is 18.8. The van der Waals surface area contributed by atoms with Crippen LogP contribution in [0, 0.1) is 6.92 Å². The Morgan fingerprint density at radius 3 is 2.44 bits per heavy atom. The van der Waals surface area contributed by atoms with Crippen LogP contribution < -0.4 is 14.2 Å². The average Bonchev–Trinajstić information content (AvgIpc) is 3.31. The molecule has 2 aliphatic heterocycles. The number of thiazole rings is 1. The van der Waals surface area contributed by atoms with Crippen molar-refractivity contribution in [1.82, 2.24) is 14.8 Å². The first kappa shape index (κ1) is 22.2. The van der Waals surface area contributed by atoms with E-state index in [1.165, 1.54) is 0 Å². The van der Waals surface area contributed by atoms with Crippen LogP contribution in [0.1, 0.15) is 21.1 Å². The normalized spacial score (nSPS) is 17.4. The van der Waals surface area contributed by atoms with E-state index >= 15 is 0 Å². The molecule has 34 heavy (non-hydrogen) atoms. The lowest BCUT2D eigenvalue weighted by atomic mass is 10.1. The van der Waals surface area contributed by atoms with E-state index in [9.17, 15) is 9.59 Å². The Hall–Kier alpha value is -3.59. The molecule has 3 heterocycles. The third kappa shape index (κ3) is 4.84. The van der Waals surface area contributed by atoms with Crippen LogP contribution in [0.5, 0.6) is 17.2 Å². The molecule has 8 nitrogen and oxygen atoms in total. The molecule has 2 aliphatic rings. The van der Waals surface area contributed by atoms with E-state index in [0.29, 0.717) is 55.6 Å². The Balaban J connectivity index is 1.12. The smallest absolute Gasteiger partial charge is 0.267 e. The number of hydrogen-bond acceptors (Lipinski definition) is 7. The summed E-state index contributed by atoms with van der Waals surface area (Å²) in [4.78, 5) is 33.7. The van der Waals surface area contributed by atoms with Gasteiger partial charge in [-0.1, -0.05) is 12.1 Å². The van der Waals surface area contributed by atoms with E-state index in [2.05, 4.69) is 4.98 Å². The molecular formula is C25H25N3O5S. The van der Waals surface area contributed by atoms with Crippen LogP contribution in [0.25, 0.3) is 0 Å². The summed E-state index contributed by atoms with van der Waals surface area (Å²) in [5, 5.41) is 2.98. The van der Waals surface area contributed by atoms with Gasteiger partial charge in [-0.15, -0.1) is 11.3 Å². The first-order valence-electron chi connectivity index (χ1n) is 11.2. The van der Waals surface area contributed by atoms with Crippen molar-refractivity contribution < 1.29 is 23.8 Å². The number of carbonyl (C=O) groups excluding carboxylic acids is 2. The van der Waals surface area contributed by atoms with Gasteiger partial charge in [0.15, 0.2) is 11.5 Å². The first-order chi connectivity index (χ1) is 16.6. The summed E-state index contributed by atoms with van der Waals surface area (Å²) in [6, 6.07) is 14.5. The molecule has 0 aliphatic carbocycles. The van der Waals surface area contributed by atoms with Crippen LogP contribution in [0.15, 0.2) is 53.9 Å². The van der Waals surface area contributed by atoms with Crippen LogP contribution in [0.3, 0.4) is 0 Å². The second kappa shape index (κ2) is 9.72. The van der Waals surface area contributed by atoms with Crippen LogP contribution in [0.4, 0.5) is 0 Å². The molecule has 0 bridgehead atoms. The molecule has 2 amide bonds. The molecule has 0 N–H and O–H groups in total. The molecule has 1 aromatic heterocycles. The predicted octanol–water partition coefficient (Wildman–Crippen LogP) is 3.15. The number of aromatic nitrogens is 1. The summed E-state index contributed by atoms with van der Waals surface area (Å²) in [6.07, 6.45) is -0.669. The summed E-state index contributed by atoms with van der Waals surface area (Å²) in [5.41, 5.74) is 1.49. The van der Waals surface area contributed by atoms with Crippen molar-refractivity contribution in [3.63, 3.8) is 0 Å². The van der Waals surface area contributed by atoms with E-state index in [4.69, 9.17) is 14.2 Å². The molecule has 9 heteroatoms. The van der Waals surface area contributed by atoms with Gasteiger partial charge < -0.3 is 24.0 Å². The molecule has 0 spiro atoms. The van der Waals surface area contributed by atoms with Crippen LogP contribution in [0.2, 0.25) is 0 Å². The molecular weight excluding hydrogens is 454 g/mol. The van der Waals surface area contributed by atoms with Gasteiger partial charge in [0.05, 0.1) is 10.7 Å².